The molecule has 0 spiro atoms. The zero-order chi connectivity index (χ0) is 19.7. The predicted molar refractivity (Wildman–Crippen MR) is 113 cm³/mol. The monoisotopic (exact) mass is 368 g/mol. The van der Waals surface area contributed by atoms with Crippen LogP contribution >= 0.6 is 0 Å². The van der Waals surface area contributed by atoms with Gasteiger partial charge in [0.25, 0.3) is 11.8 Å². The fourth-order valence-corrected chi connectivity index (χ4v) is 3.44. The van der Waals surface area contributed by atoms with Crippen molar-refractivity contribution in [1.82, 2.24) is 4.90 Å². The third-order valence-electron chi connectivity index (χ3n) is 4.87. The third-order valence-corrected chi connectivity index (χ3v) is 4.87. The summed E-state index contributed by atoms with van der Waals surface area (Å²) in [5.74, 6) is -0.648. The summed E-state index contributed by atoms with van der Waals surface area (Å²) in [6, 6.07) is 21.4. The van der Waals surface area contributed by atoms with Crippen molar-refractivity contribution in [3.8, 4) is 0 Å². The summed E-state index contributed by atoms with van der Waals surface area (Å²) in [6.07, 6.45) is 1.56. The van der Waals surface area contributed by atoms with Gasteiger partial charge in [-0.25, -0.2) is 0 Å². The molecule has 4 rings (SSSR count). The number of anilines is 1. The standard InChI is InChI=1S/C24H20N2O2/c1-3-15-26-23(27)21(18-13-11-16(2)12-14-18)22(24(26)28)25-20-10-6-8-17-7-4-5-9-19(17)20/h3-14,25H,1,15H2,2H3. The number of amides is 2. The van der Waals surface area contributed by atoms with Crippen molar-refractivity contribution in [3.05, 3.63) is 96.2 Å². The molecule has 4 heteroatoms. The molecule has 138 valence electrons. The van der Waals surface area contributed by atoms with E-state index < -0.39 is 0 Å². The smallest absolute Gasteiger partial charge is 0.278 e. The molecule has 0 aromatic heterocycles. The minimum Gasteiger partial charge on any atom is -0.350 e. The summed E-state index contributed by atoms with van der Waals surface area (Å²) in [5, 5.41) is 5.30. The van der Waals surface area contributed by atoms with Gasteiger partial charge in [-0.1, -0.05) is 72.3 Å². The Bertz CT molecular complexity index is 1120. The van der Waals surface area contributed by atoms with E-state index >= 15 is 0 Å². The number of nitrogens with zero attached hydrogens (tertiary/aromatic N) is 1. The number of carbonyl (C=O) groups is 2. The van der Waals surface area contributed by atoms with Gasteiger partial charge >= 0.3 is 0 Å². The first-order chi connectivity index (χ1) is 13.6. The Morgan fingerprint density at radius 2 is 1.64 bits per heavy atom. The van der Waals surface area contributed by atoms with E-state index in [2.05, 4.69) is 11.9 Å². The van der Waals surface area contributed by atoms with Crippen LogP contribution in [-0.2, 0) is 9.59 Å². The highest BCUT2D eigenvalue weighted by molar-refractivity contribution is 6.36. The van der Waals surface area contributed by atoms with Crippen LogP contribution in [0.25, 0.3) is 16.3 Å². The number of hydrogen-bond acceptors (Lipinski definition) is 3. The van der Waals surface area contributed by atoms with Crippen LogP contribution < -0.4 is 5.32 Å². The van der Waals surface area contributed by atoms with Crippen LogP contribution in [0.2, 0.25) is 0 Å². The average molecular weight is 368 g/mol. The van der Waals surface area contributed by atoms with E-state index in [9.17, 15) is 9.59 Å². The molecule has 0 fully saturated rings. The summed E-state index contributed by atoms with van der Waals surface area (Å²) in [6.45, 7) is 5.83. The largest absolute Gasteiger partial charge is 0.350 e. The molecule has 2 amide bonds. The number of fused-ring (bicyclic) bond motifs is 1. The first-order valence-electron chi connectivity index (χ1n) is 9.13. The van der Waals surface area contributed by atoms with Crippen LogP contribution in [0.5, 0.6) is 0 Å². The Balaban J connectivity index is 1.85. The van der Waals surface area contributed by atoms with Gasteiger partial charge in [-0.2, -0.15) is 0 Å². The fraction of sp³-hybridized carbons (Fsp3) is 0.0833. The molecule has 0 atom stereocenters. The number of nitrogens with one attached hydrogen (secondary N) is 1. The van der Waals surface area contributed by atoms with Crippen molar-refractivity contribution in [2.24, 2.45) is 0 Å². The molecule has 3 aromatic carbocycles. The van der Waals surface area contributed by atoms with Crippen LogP contribution in [0.15, 0.2) is 85.1 Å². The molecule has 0 bridgehead atoms. The van der Waals surface area contributed by atoms with Gasteiger partial charge in [0.1, 0.15) is 5.70 Å². The Morgan fingerprint density at radius 3 is 2.39 bits per heavy atom. The lowest BCUT2D eigenvalue weighted by atomic mass is 10.0. The number of imide groups is 1. The Hall–Kier alpha value is -3.66. The van der Waals surface area contributed by atoms with Crippen molar-refractivity contribution in [2.75, 3.05) is 11.9 Å². The number of carbonyl (C=O) groups excluding carboxylic acids is 2. The van der Waals surface area contributed by atoms with E-state index in [0.717, 1.165) is 27.6 Å². The van der Waals surface area contributed by atoms with Gasteiger partial charge in [0.05, 0.1) is 5.57 Å². The van der Waals surface area contributed by atoms with Gasteiger partial charge in [-0.3, -0.25) is 14.5 Å². The highest BCUT2D eigenvalue weighted by atomic mass is 16.2. The number of rotatable bonds is 5. The lowest BCUT2D eigenvalue weighted by molar-refractivity contribution is -0.136. The highest BCUT2D eigenvalue weighted by Crippen LogP contribution is 2.32. The van der Waals surface area contributed by atoms with Crippen molar-refractivity contribution in [3.63, 3.8) is 0 Å². The topological polar surface area (TPSA) is 49.4 Å². The third kappa shape index (κ3) is 2.99. The SMILES string of the molecule is C=CCN1C(=O)C(Nc2cccc3ccccc23)=C(c2ccc(C)cc2)C1=O. The van der Waals surface area contributed by atoms with Crippen LogP contribution in [0.4, 0.5) is 5.69 Å². The zero-order valence-electron chi connectivity index (χ0n) is 15.6. The number of hydrogen-bond donors (Lipinski definition) is 1. The Kier molecular flexibility index (Phi) is 4.53. The number of aryl methyl sites for hydroxylation is 1. The molecule has 0 unspecified atom stereocenters. The summed E-state index contributed by atoms with van der Waals surface area (Å²) in [4.78, 5) is 27.3. The van der Waals surface area contributed by atoms with E-state index in [4.69, 9.17) is 0 Å². The van der Waals surface area contributed by atoms with E-state index in [1.165, 1.54) is 4.90 Å². The maximum Gasteiger partial charge on any atom is 0.278 e. The molecule has 1 aliphatic heterocycles. The number of benzene rings is 3. The Labute approximate surface area is 163 Å². The van der Waals surface area contributed by atoms with E-state index in [0.29, 0.717) is 11.3 Å². The van der Waals surface area contributed by atoms with Gasteiger partial charge in [-0.05, 0) is 23.9 Å². The van der Waals surface area contributed by atoms with Crippen molar-refractivity contribution in [1.29, 1.82) is 0 Å². The second-order valence-electron chi connectivity index (χ2n) is 6.78. The average Bonchev–Trinajstić information content (AvgIpc) is 2.94. The molecule has 0 aliphatic carbocycles. The second kappa shape index (κ2) is 7.16. The van der Waals surface area contributed by atoms with Gasteiger partial charge < -0.3 is 5.32 Å². The highest BCUT2D eigenvalue weighted by Gasteiger charge is 2.38. The molecule has 0 radical (unpaired) electrons. The van der Waals surface area contributed by atoms with E-state index in [1.54, 1.807) is 6.08 Å². The Morgan fingerprint density at radius 1 is 0.929 bits per heavy atom. The predicted octanol–water partition coefficient (Wildman–Crippen LogP) is 4.53. The molecule has 0 saturated carbocycles. The van der Waals surface area contributed by atoms with E-state index in [-0.39, 0.29) is 18.4 Å². The molecule has 1 aliphatic rings. The fourth-order valence-electron chi connectivity index (χ4n) is 3.44. The van der Waals surface area contributed by atoms with Crippen LogP contribution in [0, 0.1) is 6.92 Å². The second-order valence-corrected chi connectivity index (χ2v) is 6.78. The van der Waals surface area contributed by atoms with Gasteiger partial charge in [0.15, 0.2) is 0 Å². The summed E-state index contributed by atoms with van der Waals surface area (Å²) in [7, 11) is 0. The molecule has 0 saturated heterocycles. The summed E-state index contributed by atoms with van der Waals surface area (Å²) < 4.78 is 0. The zero-order valence-corrected chi connectivity index (χ0v) is 15.6. The lowest BCUT2D eigenvalue weighted by Gasteiger charge is -2.13. The summed E-state index contributed by atoms with van der Waals surface area (Å²) in [5.41, 5.74) is 3.29. The van der Waals surface area contributed by atoms with Crippen LogP contribution in [0.3, 0.4) is 0 Å². The maximum absolute atomic E-state index is 13.0. The first-order valence-corrected chi connectivity index (χ1v) is 9.13. The summed E-state index contributed by atoms with van der Waals surface area (Å²) >= 11 is 0. The molecule has 28 heavy (non-hydrogen) atoms. The first kappa shape index (κ1) is 17.7. The minimum atomic E-state index is -0.339. The van der Waals surface area contributed by atoms with Gasteiger partial charge in [-0.15, -0.1) is 6.58 Å². The molecule has 1 N–H and O–H groups in total. The van der Waals surface area contributed by atoms with Gasteiger partial charge in [0.2, 0.25) is 0 Å². The van der Waals surface area contributed by atoms with Crippen molar-refractivity contribution >= 4 is 33.8 Å². The minimum absolute atomic E-state index is 0.174. The van der Waals surface area contributed by atoms with Gasteiger partial charge in [0, 0.05) is 17.6 Å². The molecule has 3 aromatic rings. The van der Waals surface area contributed by atoms with Crippen molar-refractivity contribution < 1.29 is 9.59 Å². The van der Waals surface area contributed by atoms with Crippen LogP contribution in [0.1, 0.15) is 11.1 Å². The normalized spacial score (nSPS) is 14.1. The molecule has 1 heterocycles. The van der Waals surface area contributed by atoms with Crippen LogP contribution in [-0.4, -0.2) is 23.3 Å². The van der Waals surface area contributed by atoms with Crippen molar-refractivity contribution in [2.45, 2.75) is 6.92 Å². The lowest BCUT2D eigenvalue weighted by Crippen LogP contribution is -2.32. The molecular weight excluding hydrogens is 348 g/mol. The molecule has 4 nitrogen and oxygen atoms in total. The molecular formula is C24H20N2O2. The quantitative estimate of drug-likeness (QED) is 0.532. The maximum atomic E-state index is 13.0. The van der Waals surface area contributed by atoms with E-state index in [1.807, 2.05) is 73.7 Å².